The standard InChI is InChI=1S/C20H18N4O3/c25-20(10-9-18-3-1-2-4-19(18)24(26)27)22-13-16-5-7-17(8-6-16)14-23-12-11-21-15-23/h1-12,15H,13-14H2,(H,22,25)/b10-9+. The van der Waals surface area contributed by atoms with Crippen LogP contribution < -0.4 is 5.32 Å². The van der Waals surface area contributed by atoms with E-state index >= 15 is 0 Å². The first-order chi connectivity index (χ1) is 13.1. The fraction of sp³-hybridized carbons (Fsp3) is 0.100. The Morgan fingerprint density at radius 2 is 1.89 bits per heavy atom. The van der Waals surface area contributed by atoms with E-state index in [2.05, 4.69) is 10.3 Å². The Morgan fingerprint density at radius 1 is 1.15 bits per heavy atom. The largest absolute Gasteiger partial charge is 0.348 e. The molecule has 0 radical (unpaired) electrons. The van der Waals surface area contributed by atoms with Crippen molar-refractivity contribution in [1.82, 2.24) is 14.9 Å². The van der Waals surface area contributed by atoms with Crippen LogP contribution in [0.25, 0.3) is 6.08 Å². The highest BCUT2D eigenvalue weighted by Crippen LogP contribution is 2.18. The number of para-hydroxylation sites is 1. The highest BCUT2D eigenvalue weighted by molar-refractivity contribution is 5.92. The summed E-state index contributed by atoms with van der Waals surface area (Å²) in [5.41, 5.74) is 2.47. The number of nitrogens with zero attached hydrogens (tertiary/aromatic N) is 3. The number of aromatic nitrogens is 2. The van der Waals surface area contributed by atoms with Gasteiger partial charge in [0.1, 0.15) is 0 Å². The van der Waals surface area contributed by atoms with Crippen molar-refractivity contribution in [1.29, 1.82) is 0 Å². The van der Waals surface area contributed by atoms with Crippen LogP contribution in [-0.4, -0.2) is 20.4 Å². The fourth-order valence-corrected chi connectivity index (χ4v) is 2.56. The van der Waals surface area contributed by atoms with Crippen LogP contribution in [-0.2, 0) is 17.9 Å². The van der Waals surface area contributed by atoms with E-state index in [0.29, 0.717) is 12.1 Å². The first-order valence-corrected chi connectivity index (χ1v) is 8.35. The summed E-state index contributed by atoms with van der Waals surface area (Å²) in [7, 11) is 0. The number of benzene rings is 2. The minimum Gasteiger partial charge on any atom is -0.348 e. The predicted molar refractivity (Wildman–Crippen MR) is 102 cm³/mol. The SMILES string of the molecule is O=C(/C=C/c1ccccc1[N+](=O)[O-])NCc1ccc(Cn2ccnc2)cc1. The fourth-order valence-electron chi connectivity index (χ4n) is 2.56. The molecule has 136 valence electrons. The second kappa shape index (κ2) is 8.57. The maximum atomic E-state index is 12.0. The number of hydrogen-bond acceptors (Lipinski definition) is 4. The van der Waals surface area contributed by atoms with E-state index in [1.54, 1.807) is 30.7 Å². The van der Waals surface area contributed by atoms with Gasteiger partial charge in [-0.3, -0.25) is 14.9 Å². The molecule has 0 bridgehead atoms. The van der Waals surface area contributed by atoms with Gasteiger partial charge in [0, 0.05) is 37.6 Å². The summed E-state index contributed by atoms with van der Waals surface area (Å²) < 4.78 is 1.98. The lowest BCUT2D eigenvalue weighted by molar-refractivity contribution is -0.385. The van der Waals surface area contributed by atoms with E-state index in [1.165, 1.54) is 18.2 Å². The molecule has 0 fully saturated rings. The van der Waals surface area contributed by atoms with Gasteiger partial charge in [-0.25, -0.2) is 4.98 Å². The number of rotatable bonds is 7. The van der Waals surface area contributed by atoms with E-state index in [1.807, 2.05) is 35.0 Å². The third-order valence-corrected chi connectivity index (χ3v) is 3.96. The molecule has 0 aliphatic heterocycles. The summed E-state index contributed by atoms with van der Waals surface area (Å²) in [5.74, 6) is -0.310. The van der Waals surface area contributed by atoms with Crippen molar-refractivity contribution < 1.29 is 9.72 Å². The lowest BCUT2D eigenvalue weighted by atomic mass is 10.1. The van der Waals surface area contributed by atoms with Gasteiger partial charge in [0.25, 0.3) is 5.69 Å². The first-order valence-electron chi connectivity index (χ1n) is 8.35. The molecular formula is C20H18N4O3. The smallest absolute Gasteiger partial charge is 0.276 e. The molecule has 7 nitrogen and oxygen atoms in total. The number of imidazole rings is 1. The lowest BCUT2D eigenvalue weighted by Crippen LogP contribution is -2.20. The summed E-state index contributed by atoms with van der Waals surface area (Å²) in [5, 5.41) is 13.7. The molecular weight excluding hydrogens is 344 g/mol. The van der Waals surface area contributed by atoms with Gasteiger partial charge in [-0.05, 0) is 23.3 Å². The van der Waals surface area contributed by atoms with Gasteiger partial charge >= 0.3 is 0 Å². The van der Waals surface area contributed by atoms with Crippen LogP contribution >= 0.6 is 0 Å². The van der Waals surface area contributed by atoms with Crippen LogP contribution in [0, 0.1) is 10.1 Å². The van der Waals surface area contributed by atoms with E-state index in [-0.39, 0.29) is 11.6 Å². The summed E-state index contributed by atoms with van der Waals surface area (Å²) in [4.78, 5) is 26.5. The van der Waals surface area contributed by atoms with E-state index in [0.717, 1.165) is 17.7 Å². The van der Waals surface area contributed by atoms with Crippen LogP contribution in [0.3, 0.4) is 0 Å². The maximum Gasteiger partial charge on any atom is 0.276 e. The number of nitro benzene ring substituents is 1. The average molecular weight is 362 g/mol. The molecule has 1 amide bonds. The van der Waals surface area contributed by atoms with Gasteiger partial charge in [-0.1, -0.05) is 36.4 Å². The zero-order valence-electron chi connectivity index (χ0n) is 14.5. The summed E-state index contributed by atoms with van der Waals surface area (Å²) in [6, 6.07) is 14.2. The Balaban J connectivity index is 1.54. The molecule has 0 aliphatic carbocycles. The van der Waals surface area contributed by atoms with Crippen LogP contribution in [0.2, 0.25) is 0 Å². The predicted octanol–water partition coefficient (Wildman–Crippen LogP) is 3.17. The molecule has 2 aromatic carbocycles. The lowest BCUT2D eigenvalue weighted by Gasteiger charge is -2.06. The number of nitrogens with one attached hydrogen (secondary N) is 1. The zero-order valence-corrected chi connectivity index (χ0v) is 14.5. The van der Waals surface area contributed by atoms with Crippen molar-refractivity contribution in [2.45, 2.75) is 13.1 Å². The van der Waals surface area contributed by atoms with E-state index in [4.69, 9.17) is 0 Å². The minimum absolute atomic E-state index is 0.0324. The molecule has 27 heavy (non-hydrogen) atoms. The molecule has 7 heteroatoms. The van der Waals surface area contributed by atoms with Gasteiger partial charge < -0.3 is 9.88 Å². The summed E-state index contributed by atoms with van der Waals surface area (Å²) in [6.07, 6.45) is 8.15. The highest BCUT2D eigenvalue weighted by atomic mass is 16.6. The second-order valence-electron chi connectivity index (χ2n) is 5.92. The van der Waals surface area contributed by atoms with Gasteiger partial charge in [-0.2, -0.15) is 0 Å². The molecule has 1 N–H and O–H groups in total. The van der Waals surface area contributed by atoms with Crippen LogP contribution in [0.15, 0.2) is 73.3 Å². The molecule has 0 atom stereocenters. The molecule has 3 rings (SSSR count). The molecule has 0 aliphatic rings. The first kappa shape index (κ1) is 18.1. The molecule has 1 aromatic heterocycles. The monoisotopic (exact) mass is 362 g/mol. The molecule has 3 aromatic rings. The minimum atomic E-state index is -0.469. The normalized spacial score (nSPS) is 10.8. The Kier molecular flexibility index (Phi) is 5.73. The van der Waals surface area contributed by atoms with Crippen molar-refractivity contribution in [3.63, 3.8) is 0 Å². The second-order valence-corrected chi connectivity index (χ2v) is 5.92. The van der Waals surface area contributed by atoms with Crippen molar-refractivity contribution in [2.24, 2.45) is 0 Å². The Hall–Kier alpha value is -3.74. The van der Waals surface area contributed by atoms with Gasteiger partial charge in [-0.15, -0.1) is 0 Å². The molecule has 0 unspecified atom stereocenters. The Bertz CT molecular complexity index is 948. The Morgan fingerprint density at radius 3 is 2.59 bits per heavy atom. The quantitative estimate of drug-likeness (QED) is 0.397. The summed E-state index contributed by atoms with van der Waals surface area (Å²) >= 11 is 0. The van der Waals surface area contributed by atoms with Crippen LogP contribution in [0.5, 0.6) is 0 Å². The van der Waals surface area contributed by atoms with E-state index in [9.17, 15) is 14.9 Å². The molecule has 0 spiro atoms. The van der Waals surface area contributed by atoms with Gasteiger partial charge in [0.2, 0.25) is 5.91 Å². The van der Waals surface area contributed by atoms with Crippen molar-refractivity contribution >= 4 is 17.7 Å². The molecule has 1 heterocycles. The maximum absolute atomic E-state index is 12.0. The van der Waals surface area contributed by atoms with Crippen LogP contribution in [0.4, 0.5) is 5.69 Å². The third kappa shape index (κ3) is 5.12. The van der Waals surface area contributed by atoms with Crippen molar-refractivity contribution in [2.75, 3.05) is 0 Å². The van der Waals surface area contributed by atoms with Gasteiger partial charge in [0.15, 0.2) is 0 Å². The van der Waals surface area contributed by atoms with Crippen LogP contribution in [0.1, 0.15) is 16.7 Å². The number of carbonyl (C=O) groups is 1. The van der Waals surface area contributed by atoms with E-state index < -0.39 is 4.92 Å². The molecule has 0 saturated carbocycles. The Labute approximate surface area is 156 Å². The highest BCUT2D eigenvalue weighted by Gasteiger charge is 2.09. The number of hydrogen-bond donors (Lipinski definition) is 1. The summed E-state index contributed by atoms with van der Waals surface area (Å²) in [6.45, 7) is 1.12. The van der Waals surface area contributed by atoms with Gasteiger partial charge in [0.05, 0.1) is 16.8 Å². The number of nitro groups is 1. The average Bonchev–Trinajstić information content (AvgIpc) is 3.19. The van der Waals surface area contributed by atoms with Crippen molar-refractivity contribution in [3.05, 3.63) is 100 Å². The third-order valence-electron chi connectivity index (χ3n) is 3.96. The number of carbonyl (C=O) groups excluding carboxylic acids is 1. The number of amides is 1. The topological polar surface area (TPSA) is 90.1 Å². The van der Waals surface area contributed by atoms with Crippen molar-refractivity contribution in [3.8, 4) is 0 Å². The zero-order chi connectivity index (χ0) is 19.1. The molecule has 0 saturated heterocycles.